The van der Waals surface area contributed by atoms with Gasteiger partial charge in [0.1, 0.15) is 0 Å². The Morgan fingerprint density at radius 1 is 1.18 bits per heavy atom. The van der Waals surface area contributed by atoms with Crippen LogP contribution in [0.4, 0.5) is 5.69 Å². The summed E-state index contributed by atoms with van der Waals surface area (Å²) in [5, 5.41) is 3.54. The second-order valence-electron chi connectivity index (χ2n) is 5.09. The zero-order valence-corrected chi connectivity index (χ0v) is 10.9. The summed E-state index contributed by atoms with van der Waals surface area (Å²) in [7, 11) is 2.17. The monoisotopic (exact) mass is 232 g/mol. The second kappa shape index (κ2) is 6.65. The van der Waals surface area contributed by atoms with Crippen LogP contribution in [0, 0.1) is 5.92 Å². The van der Waals surface area contributed by atoms with Gasteiger partial charge in [-0.3, -0.25) is 0 Å². The predicted octanol–water partition coefficient (Wildman–Crippen LogP) is 2.90. The molecule has 0 bridgehead atoms. The molecule has 0 unspecified atom stereocenters. The molecule has 0 heterocycles. The Labute approximate surface area is 105 Å². The van der Waals surface area contributed by atoms with E-state index in [-0.39, 0.29) is 0 Å². The first-order valence-electron chi connectivity index (χ1n) is 6.83. The van der Waals surface area contributed by atoms with Crippen molar-refractivity contribution in [1.82, 2.24) is 5.32 Å². The zero-order chi connectivity index (χ0) is 11.9. The summed E-state index contributed by atoms with van der Waals surface area (Å²) in [5.41, 5.74) is 1.31. The van der Waals surface area contributed by atoms with Crippen LogP contribution in [-0.4, -0.2) is 26.7 Å². The number of benzene rings is 1. The van der Waals surface area contributed by atoms with Crippen LogP contribution in [0.3, 0.4) is 0 Å². The van der Waals surface area contributed by atoms with Gasteiger partial charge >= 0.3 is 0 Å². The molecule has 0 aromatic heterocycles. The minimum Gasteiger partial charge on any atom is -0.375 e. The fourth-order valence-corrected chi connectivity index (χ4v) is 2.09. The topological polar surface area (TPSA) is 15.3 Å². The largest absolute Gasteiger partial charge is 0.375 e. The van der Waals surface area contributed by atoms with E-state index in [0.717, 1.165) is 19.0 Å². The molecule has 0 saturated heterocycles. The molecule has 0 radical (unpaired) electrons. The van der Waals surface area contributed by atoms with Gasteiger partial charge in [0.05, 0.1) is 0 Å². The fraction of sp³-hybridized carbons (Fsp3) is 0.600. The van der Waals surface area contributed by atoms with Crippen LogP contribution >= 0.6 is 0 Å². The van der Waals surface area contributed by atoms with E-state index in [0.29, 0.717) is 0 Å². The molecule has 0 amide bonds. The van der Waals surface area contributed by atoms with Gasteiger partial charge in [0.2, 0.25) is 0 Å². The van der Waals surface area contributed by atoms with Crippen LogP contribution in [0.5, 0.6) is 0 Å². The number of rotatable bonds is 8. The van der Waals surface area contributed by atoms with Gasteiger partial charge in [0, 0.05) is 19.3 Å². The molecule has 1 aliphatic carbocycles. The molecule has 2 heteroatoms. The van der Waals surface area contributed by atoms with Gasteiger partial charge in [0.15, 0.2) is 0 Å². The van der Waals surface area contributed by atoms with Crippen molar-refractivity contribution in [2.45, 2.75) is 25.7 Å². The molecule has 1 aromatic rings. The Morgan fingerprint density at radius 3 is 2.65 bits per heavy atom. The summed E-state index contributed by atoms with van der Waals surface area (Å²) in [4.78, 5) is 2.32. The minimum atomic E-state index is 1.05. The summed E-state index contributed by atoms with van der Waals surface area (Å²) in [6, 6.07) is 10.6. The van der Waals surface area contributed by atoms with E-state index in [9.17, 15) is 0 Å². The van der Waals surface area contributed by atoms with Gasteiger partial charge in [-0.25, -0.2) is 0 Å². The molecule has 0 spiro atoms. The molecule has 1 N–H and O–H groups in total. The van der Waals surface area contributed by atoms with Crippen molar-refractivity contribution in [3.05, 3.63) is 30.3 Å². The lowest BCUT2D eigenvalue weighted by Crippen LogP contribution is -2.24. The first-order valence-corrected chi connectivity index (χ1v) is 6.83. The average molecular weight is 232 g/mol. The fourth-order valence-electron chi connectivity index (χ4n) is 2.09. The lowest BCUT2D eigenvalue weighted by molar-refractivity contribution is 0.595. The molecule has 1 aliphatic rings. The van der Waals surface area contributed by atoms with Crippen LogP contribution in [0.15, 0.2) is 30.3 Å². The normalized spacial score (nSPS) is 14.9. The van der Waals surface area contributed by atoms with Gasteiger partial charge < -0.3 is 10.2 Å². The molecule has 2 rings (SSSR count). The van der Waals surface area contributed by atoms with E-state index in [1.807, 2.05) is 0 Å². The highest BCUT2D eigenvalue weighted by Crippen LogP contribution is 2.31. The van der Waals surface area contributed by atoms with E-state index < -0.39 is 0 Å². The third-order valence-electron chi connectivity index (χ3n) is 3.47. The minimum absolute atomic E-state index is 1.05. The third-order valence-corrected chi connectivity index (χ3v) is 3.47. The summed E-state index contributed by atoms with van der Waals surface area (Å²) < 4.78 is 0. The number of hydrogen-bond acceptors (Lipinski definition) is 2. The maximum atomic E-state index is 3.54. The van der Waals surface area contributed by atoms with E-state index in [1.165, 1.54) is 37.9 Å². The van der Waals surface area contributed by atoms with Crippen LogP contribution in [0.2, 0.25) is 0 Å². The van der Waals surface area contributed by atoms with Crippen molar-refractivity contribution in [2.24, 2.45) is 5.92 Å². The van der Waals surface area contributed by atoms with Crippen molar-refractivity contribution in [3.8, 4) is 0 Å². The van der Waals surface area contributed by atoms with Gasteiger partial charge in [0.25, 0.3) is 0 Å². The molecule has 1 saturated carbocycles. The maximum absolute atomic E-state index is 3.54. The first-order chi connectivity index (χ1) is 8.36. The number of hydrogen-bond donors (Lipinski definition) is 1. The SMILES string of the molecule is CN(CCCNCCC1CC1)c1ccccc1. The van der Waals surface area contributed by atoms with E-state index in [4.69, 9.17) is 0 Å². The van der Waals surface area contributed by atoms with Gasteiger partial charge in [-0.1, -0.05) is 31.0 Å². The van der Waals surface area contributed by atoms with Gasteiger partial charge in [-0.2, -0.15) is 0 Å². The van der Waals surface area contributed by atoms with Gasteiger partial charge in [-0.05, 0) is 44.0 Å². The van der Waals surface area contributed by atoms with Crippen LogP contribution in [0.1, 0.15) is 25.7 Å². The molecule has 1 aromatic carbocycles. The Morgan fingerprint density at radius 2 is 1.94 bits per heavy atom. The lowest BCUT2D eigenvalue weighted by atomic mass is 10.2. The summed E-state index contributed by atoms with van der Waals surface area (Å²) in [6.07, 6.45) is 5.54. The van der Waals surface area contributed by atoms with E-state index >= 15 is 0 Å². The van der Waals surface area contributed by atoms with E-state index in [1.54, 1.807) is 0 Å². The molecular formula is C15H24N2. The third kappa shape index (κ3) is 4.78. The quantitative estimate of drug-likeness (QED) is 0.693. The number of nitrogens with zero attached hydrogens (tertiary/aromatic N) is 1. The maximum Gasteiger partial charge on any atom is 0.0363 e. The average Bonchev–Trinajstić information content (AvgIpc) is 3.18. The molecule has 2 nitrogen and oxygen atoms in total. The van der Waals surface area contributed by atoms with Crippen LogP contribution in [0.25, 0.3) is 0 Å². The molecule has 0 atom stereocenters. The van der Waals surface area contributed by atoms with Crippen LogP contribution < -0.4 is 10.2 Å². The standard InChI is InChI=1S/C15H24N2/c1-17(15-6-3-2-4-7-15)13-5-11-16-12-10-14-8-9-14/h2-4,6-7,14,16H,5,8-13H2,1H3. The molecule has 17 heavy (non-hydrogen) atoms. The number of para-hydroxylation sites is 1. The van der Waals surface area contributed by atoms with Crippen molar-refractivity contribution < 1.29 is 0 Å². The summed E-state index contributed by atoms with van der Waals surface area (Å²) in [5.74, 6) is 1.05. The Bertz CT molecular complexity index is 306. The highest BCUT2D eigenvalue weighted by Gasteiger charge is 2.19. The van der Waals surface area contributed by atoms with Crippen molar-refractivity contribution in [2.75, 3.05) is 31.6 Å². The lowest BCUT2D eigenvalue weighted by Gasteiger charge is -2.19. The predicted molar refractivity (Wildman–Crippen MR) is 74.5 cm³/mol. The smallest absolute Gasteiger partial charge is 0.0363 e. The molecule has 1 fully saturated rings. The second-order valence-corrected chi connectivity index (χ2v) is 5.09. The van der Waals surface area contributed by atoms with Crippen LogP contribution in [-0.2, 0) is 0 Å². The van der Waals surface area contributed by atoms with Crippen molar-refractivity contribution in [1.29, 1.82) is 0 Å². The highest BCUT2D eigenvalue weighted by molar-refractivity contribution is 5.44. The molecular weight excluding hydrogens is 208 g/mol. The zero-order valence-electron chi connectivity index (χ0n) is 10.9. The Kier molecular flexibility index (Phi) is 4.87. The molecule has 94 valence electrons. The molecule has 0 aliphatic heterocycles. The Hall–Kier alpha value is -1.02. The number of nitrogens with one attached hydrogen (secondary N) is 1. The Balaban J connectivity index is 1.52. The summed E-state index contributed by atoms with van der Waals surface area (Å²) in [6.45, 7) is 3.48. The van der Waals surface area contributed by atoms with E-state index in [2.05, 4.69) is 47.6 Å². The van der Waals surface area contributed by atoms with Crippen molar-refractivity contribution >= 4 is 5.69 Å². The summed E-state index contributed by atoms with van der Waals surface area (Å²) >= 11 is 0. The van der Waals surface area contributed by atoms with Gasteiger partial charge in [-0.15, -0.1) is 0 Å². The highest BCUT2D eigenvalue weighted by atomic mass is 15.1. The number of anilines is 1. The van der Waals surface area contributed by atoms with Crippen molar-refractivity contribution in [3.63, 3.8) is 0 Å². The first kappa shape index (κ1) is 12.4.